The maximum absolute atomic E-state index is 12.7. The van der Waals surface area contributed by atoms with Crippen molar-refractivity contribution in [1.29, 1.82) is 0 Å². The van der Waals surface area contributed by atoms with Crippen LogP contribution in [0.15, 0.2) is 45.9 Å². The summed E-state index contributed by atoms with van der Waals surface area (Å²) in [6, 6.07) is 6.56. The molecule has 0 bridgehead atoms. The number of furan rings is 1. The van der Waals surface area contributed by atoms with E-state index in [-0.39, 0.29) is 17.7 Å². The summed E-state index contributed by atoms with van der Waals surface area (Å²) in [7, 11) is 0. The van der Waals surface area contributed by atoms with Crippen LogP contribution in [0.1, 0.15) is 12.6 Å². The second-order valence-corrected chi connectivity index (χ2v) is 5.01. The van der Waals surface area contributed by atoms with Crippen molar-refractivity contribution in [3.05, 3.63) is 57.8 Å². The van der Waals surface area contributed by atoms with E-state index in [1.807, 2.05) is 0 Å². The van der Waals surface area contributed by atoms with E-state index in [0.29, 0.717) is 22.1 Å². The van der Waals surface area contributed by atoms with E-state index >= 15 is 0 Å². The quantitative estimate of drug-likeness (QED) is 0.694. The molecule has 7 heteroatoms. The molecule has 3 aromatic rings. The predicted molar refractivity (Wildman–Crippen MR) is 79.6 cm³/mol. The summed E-state index contributed by atoms with van der Waals surface area (Å²) in [5.74, 6) is -0.0995. The standard InChI is InChI=1S/C15H11ClN2O4/c1-9(19)22-8-11-14(12-3-2-6-21-12)15(20)18-7-10(16)4-5-13(18)17-11/h2-7H,8H2,1H3. The van der Waals surface area contributed by atoms with Crippen LogP contribution in [-0.2, 0) is 16.1 Å². The molecule has 0 fully saturated rings. The van der Waals surface area contributed by atoms with Crippen molar-refractivity contribution >= 4 is 23.2 Å². The van der Waals surface area contributed by atoms with Crippen molar-refractivity contribution in [3.8, 4) is 11.3 Å². The summed E-state index contributed by atoms with van der Waals surface area (Å²) in [4.78, 5) is 28.1. The van der Waals surface area contributed by atoms with Crippen molar-refractivity contribution in [1.82, 2.24) is 9.38 Å². The second-order valence-electron chi connectivity index (χ2n) is 4.57. The van der Waals surface area contributed by atoms with Crippen LogP contribution in [0.25, 0.3) is 17.0 Å². The number of hydrogen-bond donors (Lipinski definition) is 0. The van der Waals surface area contributed by atoms with Gasteiger partial charge in [0.1, 0.15) is 23.6 Å². The Morgan fingerprint density at radius 1 is 1.41 bits per heavy atom. The molecule has 3 aromatic heterocycles. The number of fused-ring (bicyclic) bond motifs is 1. The first kappa shape index (κ1) is 14.3. The fourth-order valence-corrected chi connectivity index (χ4v) is 2.26. The summed E-state index contributed by atoms with van der Waals surface area (Å²) in [6.07, 6.45) is 2.94. The van der Waals surface area contributed by atoms with Gasteiger partial charge in [-0.05, 0) is 24.3 Å². The Hall–Kier alpha value is -2.60. The zero-order valence-electron chi connectivity index (χ0n) is 11.6. The van der Waals surface area contributed by atoms with Gasteiger partial charge in [-0.1, -0.05) is 11.6 Å². The second kappa shape index (κ2) is 5.65. The van der Waals surface area contributed by atoms with E-state index in [2.05, 4.69) is 4.98 Å². The van der Waals surface area contributed by atoms with Crippen molar-refractivity contribution in [2.75, 3.05) is 0 Å². The first-order valence-electron chi connectivity index (χ1n) is 6.44. The summed E-state index contributed by atoms with van der Waals surface area (Å²) in [5, 5.41) is 0.412. The molecule has 0 saturated heterocycles. The molecule has 112 valence electrons. The Morgan fingerprint density at radius 2 is 2.23 bits per heavy atom. The highest BCUT2D eigenvalue weighted by molar-refractivity contribution is 6.30. The minimum absolute atomic E-state index is 0.111. The van der Waals surface area contributed by atoms with E-state index in [9.17, 15) is 9.59 Å². The molecule has 0 saturated carbocycles. The van der Waals surface area contributed by atoms with Crippen LogP contribution < -0.4 is 5.56 Å². The number of esters is 1. The molecule has 3 heterocycles. The summed E-state index contributed by atoms with van der Waals surface area (Å²) in [6.45, 7) is 1.18. The largest absolute Gasteiger partial charge is 0.464 e. The van der Waals surface area contributed by atoms with Crippen LogP contribution in [0, 0.1) is 0 Å². The number of aromatic nitrogens is 2. The maximum atomic E-state index is 12.7. The molecule has 0 atom stereocenters. The van der Waals surface area contributed by atoms with Gasteiger partial charge < -0.3 is 9.15 Å². The number of ether oxygens (including phenoxy) is 1. The number of carbonyl (C=O) groups is 1. The topological polar surface area (TPSA) is 73.8 Å². The third kappa shape index (κ3) is 2.60. The van der Waals surface area contributed by atoms with Crippen LogP contribution >= 0.6 is 11.6 Å². The summed E-state index contributed by atoms with van der Waals surface area (Å²) in [5.41, 5.74) is 0.639. The number of halogens is 1. The molecule has 0 aromatic carbocycles. The predicted octanol–water partition coefficient (Wildman–Crippen LogP) is 2.67. The molecule has 0 aliphatic carbocycles. The van der Waals surface area contributed by atoms with Crippen molar-refractivity contribution in [2.45, 2.75) is 13.5 Å². The van der Waals surface area contributed by atoms with Gasteiger partial charge in [-0.2, -0.15) is 0 Å². The molecular weight excluding hydrogens is 308 g/mol. The highest BCUT2D eigenvalue weighted by Gasteiger charge is 2.18. The molecule has 0 aliphatic rings. The van der Waals surface area contributed by atoms with E-state index in [1.165, 1.54) is 23.8 Å². The number of nitrogens with zero attached hydrogens (tertiary/aromatic N) is 2. The Kier molecular flexibility index (Phi) is 3.68. The average molecular weight is 319 g/mol. The lowest BCUT2D eigenvalue weighted by Crippen LogP contribution is -2.20. The van der Waals surface area contributed by atoms with Crippen LogP contribution in [0.3, 0.4) is 0 Å². The summed E-state index contributed by atoms with van der Waals surface area (Å²) >= 11 is 5.93. The molecular formula is C15H11ClN2O4. The number of carbonyl (C=O) groups excluding carboxylic acids is 1. The number of rotatable bonds is 3. The maximum Gasteiger partial charge on any atom is 0.303 e. The van der Waals surface area contributed by atoms with Gasteiger partial charge in [0.05, 0.1) is 17.0 Å². The lowest BCUT2D eigenvalue weighted by atomic mass is 10.1. The van der Waals surface area contributed by atoms with E-state index < -0.39 is 5.97 Å². The zero-order valence-corrected chi connectivity index (χ0v) is 12.3. The van der Waals surface area contributed by atoms with E-state index in [0.717, 1.165) is 0 Å². The molecule has 0 unspecified atom stereocenters. The van der Waals surface area contributed by atoms with E-state index in [4.69, 9.17) is 20.8 Å². The van der Waals surface area contributed by atoms with Crippen LogP contribution in [0.2, 0.25) is 5.02 Å². The van der Waals surface area contributed by atoms with Gasteiger partial charge in [0.2, 0.25) is 0 Å². The first-order valence-corrected chi connectivity index (χ1v) is 6.82. The van der Waals surface area contributed by atoms with Gasteiger partial charge in [0, 0.05) is 13.1 Å². The Balaban J connectivity index is 2.27. The van der Waals surface area contributed by atoms with E-state index in [1.54, 1.807) is 24.3 Å². The molecule has 0 spiro atoms. The molecule has 0 amide bonds. The summed E-state index contributed by atoms with van der Waals surface area (Å²) < 4.78 is 11.6. The molecule has 22 heavy (non-hydrogen) atoms. The lowest BCUT2D eigenvalue weighted by molar-refractivity contribution is -0.142. The van der Waals surface area contributed by atoms with Gasteiger partial charge in [0.15, 0.2) is 0 Å². The number of pyridine rings is 1. The average Bonchev–Trinajstić information content (AvgIpc) is 2.99. The fraction of sp³-hybridized carbons (Fsp3) is 0.133. The van der Waals surface area contributed by atoms with Crippen molar-refractivity contribution in [3.63, 3.8) is 0 Å². The normalized spacial score (nSPS) is 10.8. The Morgan fingerprint density at radius 3 is 2.91 bits per heavy atom. The van der Waals surface area contributed by atoms with Gasteiger partial charge in [-0.25, -0.2) is 4.98 Å². The fourth-order valence-electron chi connectivity index (χ4n) is 2.10. The highest BCUT2D eigenvalue weighted by Crippen LogP contribution is 2.21. The van der Waals surface area contributed by atoms with Gasteiger partial charge in [-0.3, -0.25) is 14.0 Å². The smallest absolute Gasteiger partial charge is 0.303 e. The lowest BCUT2D eigenvalue weighted by Gasteiger charge is -2.09. The SMILES string of the molecule is CC(=O)OCc1nc2ccc(Cl)cn2c(=O)c1-c1ccco1. The van der Waals surface area contributed by atoms with Crippen molar-refractivity contribution < 1.29 is 13.9 Å². The Labute approximate surface area is 129 Å². The number of hydrogen-bond acceptors (Lipinski definition) is 5. The highest BCUT2D eigenvalue weighted by atomic mass is 35.5. The molecule has 3 rings (SSSR count). The molecule has 0 radical (unpaired) electrons. The van der Waals surface area contributed by atoms with Gasteiger partial charge >= 0.3 is 5.97 Å². The van der Waals surface area contributed by atoms with Gasteiger partial charge in [0.25, 0.3) is 5.56 Å². The monoisotopic (exact) mass is 318 g/mol. The van der Waals surface area contributed by atoms with Crippen molar-refractivity contribution in [2.24, 2.45) is 0 Å². The van der Waals surface area contributed by atoms with Crippen LogP contribution in [0.5, 0.6) is 0 Å². The minimum atomic E-state index is -0.455. The third-order valence-electron chi connectivity index (χ3n) is 3.04. The Bertz CT molecular complexity index is 900. The molecule has 0 N–H and O–H groups in total. The molecule has 0 aliphatic heterocycles. The third-order valence-corrected chi connectivity index (χ3v) is 3.26. The zero-order chi connectivity index (χ0) is 15.7. The van der Waals surface area contributed by atoms with Gasteiger partial charge in [-0.15, -0.1) is 0 Å². The minimum Gasteiger partial charge on any atom is -0.464 e. The first-order chi connectivity index (χ1) is 10.6. The molecule has 6 nitrogen and oxygen atoms in total. The van der Waals surface area contributed by atoms with Crippen LogP contribution in [0.4, 0.5) is 0 Å². The van der Waals surface area contributed by atoms with Crippen LogP contribution in [-0.4, -0.2) is 15.4 Å².